The number of amides is 1. The Labute approximate surface area is 218 Å². The van der Waals surface area contributed by atoms with Crippen molar-refractivity contribution in [3.8, 4) is 17.4 Å². The number of fused-ring (bicyclic) bond motifs is 1. The molecule has 1 saturated heterocycles. The highest BCUT2D eigenvalue weighted by Crippen LogP contribution is 2.33. The topological polar surface area (TPSA) is 84.2 Å². The van der Waals surface area contributed by atoms with Gasteiger partial charge in [0.15, 0.2) is 11.6 Å². The van der Waals surface area contributed by atoms with E-state index in [0.29, 0.717) is 17.9 Å². The summed E-state index contributed by atoms with van der Waals surface area (Å²) in [4.78, 5) is 21.2. The predicted octanol–water partition coefficient (Wildman–Crippen LogP) is 3.99. The lowest BCUT2D eigenvalue weighted by molar-refractivity contribution is 0.102. The Morgan fingerprint density at radius 3 is 2.66 bits per heavy atom. The predicted molar refractivity (Wildman–Crippen MR) is 138 cm³/mol. The second-order valence-corrected chi connectivity index (χ2v) is 9.18. The third-order valence-electron chi connectivity index (χ3n) is 6.49. The molecule has 1 fully saturated rings. The number of ether oxygens (including phenoxy) is 2. The van der Waals surface area contributed by atoms with E-state index in [1.54, 1.807) is 10.7 Å². The number of hydrogen-bond acceptors (Lipinski definition) is 7. The number of piperazine rings is 1. The lowest BCUT2D eigenvalue weighted by atomic mass is 10.2. The van der Waals surface area contributed by atoms with E-state index in [0.717, 1.165) is 50.4 Å². The molecule has 0 radical (unpaired) electrons. The van der Waals surface area contributed by atoms with Gasteiger partial charge in [-0.25, -0.2) is 13.3 Å². The second-order valence-electron chi connectivity index (χ2n) is 9.18. The highest BCUT2D eigenvalue weighted by Gasteiger charge is 2.18. The first-order chi connectivity index (χ1) is 18.4. The Bertz CT molecular complexity index is 1450. The number of nitrogens with one attached hydrogen (secondary N) is 1. The molecule has 5 rings (SSSR count). The van der Waals surface area contributed by atoms with Crippen molar-refractivity contribution in [3.05, 3.63) is 77.8 Å². The molecule has 0 atom stereocenters. The van der Waals surface area contributed by atoms with Crippen molar-refractivity contribution in [3.63, 3.8) is 0 Å². The largest absolute Gasteiger partial charge is 0.490 e. The molecule has 1 aliphatic heterocycles. The van der Waals surface area contributed by atoms with E-state index in [-0.39, 0.29) is 22.9 Å². The molecular weight excluding hydrogens is 494 g/mol. The van der Waals surface area contributed by atoms with Crippen molar-refractivity contribution < 1.29 is 23.0 Å². The molecule has 0 aliphatic carbocycles. The Kier molecular flexibility index (Phi) is 7.47. The molecule has 38 heavy (non-hydrogen) atoms. The maximum atomic E-state index is 14.9. The molecule has 4 aromatic rings. The quantitative estimate of drug-likeness (QED) is 0.375. The van der Waals surface area contributed by atoms with Crippen LogP contribution in [0.4, 0.5) is 14.5 Å². The molecule has 2 aromatic carbocycles. The van der Waals surface area contributed by atoms with Crippen LogP contribution >= 0.6 is 0 Å². The van der Waals surface area contributed by atoms with Crippen LogP contribution in [0, 0.1) is 18.6 Å². The number of carbonyl (C=O) groups is 1. The minimum Gasteiger partial charge on any atom is -0.490 e. The maximum absolute atomic E-state index is 14.9. The molecule has 0 unspecified atom stereocenters. The summed E-state index contributed by atoms with van der Waals surface area (Å²) >= 11 is 0. The van der Waals surface area contributed by atoms with Crippen LogP contribution in [-0.2, 0) is 0 Å². The van der Waals surface area contributed by atoms with Crippen molar-refractivity contribution in [2.75, 3.05) is 51.7 Å². The summed E-state index contributed by atoms with van der Waals surface area (Å²) in [6.07, 6.45) is 3.08. The molecule has 0 bridgehead atoms. The van der Waals surface area contributed by atoms with Crippen LogP contribution < -0.4 is 14.8 Å². The summed E-state index contributed by atoms with van der Waals surface area (Å²) in [5, 5.41) is 6.79. The zero-order chi connectivity index (χ0) is 26.6. The van der Waals surface area contributed by atoms with Crippen LogP contribution in [0.3, 0.4) is 0 Å². The number of halogens is 2. The van der Waals surface area contributed by atoms with Crippen molar-refractivity contribution in [1.29, 1.82) is 0 Å². The zero-order valence-corrected chi connectivity index (χ0v) is 21.2. The number of nitrogens with zero attached hydrogens (tertiary/aromatic N) is 5. The zero-order valence-electron chi connectivity index (χ0n) is 21.2. The molecule has 0 saturated carbocycles. The van der Waals surface area contributed by atoms with Crippen molar-refractivity contribution in [2.45, 2.75) is 6.92 Å². The van der Waals surface area contributed by atoms with Crippen molar-refractivity contribution in [2.24, 2.45) is 0 Å². The fourth-order valence-corrected chi connectivity index (χ4v) is 4.28. The van der Waals surface area contributed by atoms with E-state index in [4.69, 9.17) is 9.47 Å². The summed E-state index contributed by atoms with van der Waals surface area (Å²) in [7, 11) is 2.12. The number of likely N-dealkylation sites (N-methyl/N-ethyl adjacent to an activating group) is 1. The summed E-state index contributed by atoms with van der Waals surface area (Å²) in [6.45, 7) is 7.34. The second kappa shape index (κ2) is 11.1. The first-order valence-electron chi connectivity index (χ1n) is 12.3. The molecular formula is C27H28F2N6O3. The van der Waals surface area contributed by atoms with E-state index in [9.17, 15) is 13.6 Å². The Hall–Kier alpha value is -4.09. The van der Waals surface area contributed by atoms with E-state index < -0.39 is 17.5 Å². The molecule has 1 amide bonds. The fourth-order valence-electron chi connectivity index (χ4n) is 4.28. The van der Waals surface area contributed by atoms with Gasteiger partial charge in [-0.1, -0.05) is 6.07 Å². The smallest absolute Gasteiger partial charge is 0.255 e. The number of benzene rings is 2. The minimum absolute atomic E-state index is 0.0764. The van der Waals surface area contributed by atoms with Crippen LogP contribution in [0.25, 0.3) is 5.52 Å². The first kappa shape index (κ1) is 25.6. The van der Waals surface area contributed by atoms with Gasteiger partial charge < -0.3 is 19.7 Å². The van der Waals surface area contributed by atoms with Gasteiger partial charge in [0.1, 0.15) is 30.0 Å². The standard InChI is InChI=1S/C27H28F2N6O3/c1-18-24(37-13-12-34-10-8-33(2)9-11-34)16-35-25(18)27(30-17-31-35)38-23-7-6-21(15-22(23)29)32-26(36)19-4-3-5-20(28)14-19/h3-7,14-17H,8-13H2,1-2H3,(H,32,36). The third kappa shape index (κ3) is 5.74. The number of rotatable bonds is 8. The van der Waals surface area contributed by atoms with E-state index in [2.05, 4.69) is 32.2 Å². The number of anilines is 1. The fraction of sp³-hybridized carbons (Fsp3) is 0.296. The van der Waals surface area contributed by atoms with Gasteiger partial charge in [0, 0.05) is 55.6 Å². The SMILES string of the molecule is Cc1c(OCCN2CCN(C)CC2)cn2ncnc(Oc3ccc(NC(=O)c4cccc(F)c4)cc3F)c12. The minimum atomic E-state index is -0.702. The Balaban J connectivity index is 1.27. The molecule has 1 aliphatic rings. The van der Waals surface area contributed by atoms with Gasteiger partial charge >= 0.3 is 0 Å². The summed E-state index contributed by atoms with van der Waals surface area (Å²) in [5.74, 6) is -1.05. The average Bonchev–Trinajstić information content (AvgIpc) is 3.23. The highest BCUT2D eigenvalue weighted by molar-refractivity contribution is 6.04. The van der Waals surface area contributed by atoms with E-state index >= 15 is 0 Å². The van der Waals surface area contributed by atoms with Crippen LogP contribution in [0.1, 0.15) is 15.9 Å². The Morgan fingerprint density at radius 2 is 1.89 bits per heavy atom. The van der Waals surface area contributed by atoms with Gasteiger partial charge in [-0.2, -0.15) is 10.1 Å². The van der Waals surface area contributed by atoms with Crippen molar-refractivity contribution >= 4 is 17.1 Å². The van der Waals surface area contributed by atoms with Crippen LogP contribution in [0.2, 0.25) is 0 Å². The van der Waals surface area contributed by atoms with Gasteiger partial charge in [-0.15, -0.1) is 0 Å². The number of carbonyl (C=O) groups excluding carboxylic acids is 1. The summed E-state index contributed by atoms with van der Waals surface area (Å²) in [5.41, 5.74) is 1.66. The number of aromatic nitrogens is 3. The van der Waals surface area contributed by atoms with Gasteiger partial charge in [0.25, 0.3) is 5.91 Å². The average molecular weight is 523 g/mol. The first-order valence-corrected chi connectivity index (χ1v) is 12.3. The van der Waals surface area contributed by atoms with E-state index in [1.807, 2.05) is 6.92 Å². The van der Waals surface area contributed by atoms with Gasteiger partial charge in [0.05, 0.1) is 6.20 Å². The molecule has 9 nitrogen and oxygen atoms in total. The molecule has 1 N–H and O–H groups in total. The number of aryl methyl sites for hydroxylation is 1. The van der Waals surface area contributed by atoms with Crippen LogP contribution in [-0.4, -0.2) is 76.7 Å². The third-order valence-corrected chi connectivity index (χ3v) is 6.49. The summed E-state index contributed by atoms with van der Waals surface area (Å²) < 4.78 is 41.7. The molecule has 198 valence electrons. The lowest BCUT2D eigenvalue weighted by Crippen LogP contribution is -2.45. The Morgan fingerprint density at radius 1 is 1.08 bits per heavy atom. The van der Waals surface area contributed by atoms with Crippen molar-refractivity contribution in [1.82, 2.24) is 24.4 Å². The molecule has 11 heteroatoms. The normalized spacial score (nSPS) is 14.5. The molecule has 2 aromatic heterocycles. The number of hydrogen-bond donors (Lipinski definition) is 1. The lowest BCUT2D eigenvalue weighted by Gasteiger charge is -2.32. The van der Waals surface area contributed by atoms with E-state index in [1.165, 1.54) is 36.7 Å². The van der Waals surface area contributed by atoms with Gasteiger partial charge in [0.2, 0.25) is 5.88 Å². The monoisotopic (exact) mass is 522 g/mol. The molecule has 3 heterocycles. The van der Waals surface area contributed by atoms with Crippen LogP contribution in [0.15, 0.2) is 55.0 Å². The highest BCUT2D eigenvalue weighted by atomic mass is 19.1. The van der Waals surface area contributed by atoms with Gasteiger partial charge in [-0.05, 0) is 44.3 Å². The maximum Gasteiger partial charge on any atom is 0.255 e. The van der Waals surface area contributed by atoms with Gasteiger partial charge in [-0.3, -0.25) is 9.69 Å². The summed E-state index contributed by atoms with van der Waals surface area (Å²) in [6, 6.07) is 9.25. The van der Waals surface area contributed by atoms with Crippen LogP contribution in [0.5, 0.6) is 17.4 Å². The molecule has 0 spiro atoms.